The van der Waals surface area contributed by atoms with Gasteiger partial charge in [0.2, 0.25) is 0 Å². The van der Waals surface area contributed by atoms with Crippen molar-refractivity contribution in [2.24, 2.45) is 10.9 Å². The second-order valence-electron chi connectivity index (χ2n) is 4.90. The third-order valence-corrected chi connectivity index (χ3v) is 4.08. The van der Waals surface area contributed by atoms with Crippen LogP contribution in [-0.2, 0) is 9.59 Å². The molecule has 0 amide bonds. The number of carboxylic acid groups (broad SMARTS) is 2. The molecule has 1 aliphatic heterocycles. The molecule has 5 nitrogen and oxygen atoms in total. The maximum absolute atomic E-state index is 11.6. The number of carbonyl (C=O) groups is 2. The van der Waals surface area contributed by atoms with Crippen LogP contribution in [0.2, 0.25) is 0 Å². The monoisotopic (exact) mass is 351 g/mol. The van der Waals surface area contributed by atoms with Crippen molar-refractivity contribution < 1.29 is 19.8 Å². The first-order valence-electron chi connectivity index (χ1n) is 6.30. The molecule has 110 valence electrons. The van der Waals surface area contributed by atoms with E-state index in [0.29, 0.717) is 17.0 Å². The normalized spacial score (nSPS) is 22.0. The van der Waals surface area contributed by atoms with Crippen LogP contribution in [0.3, 0.4) is 0 Å². The third-order valence-electron chi connectivity index (χ3n) is 3.55. The van der Waals surface area contributed by atoms with Crippen LogP contribution in [0.1, 0.15) is 25.3 Å². The van der Waals surface area contributed by atoms with Crippen molar-refractivity contribution in [3.63, 3.8) is 0 Å². The number of benzene rings is 1. The van der Waals surface area contributed by atoms with E-state index >= 15 is 0 Å². The molecular weight excluding hydrogens is 338 g/mol. The van der Waals surface area contributed by atoms with Gasteiger partial charge in [-0.3, -0.25) is 9.79 Å². The predicted molar refractivity (Wildman–Crippen MR) is 81.5 cm³/mol. The van der Waals surface area contributed by atoms with Gasteiger partial charge in [-0.1, -0.05) is 28.1 Å². The fraction of sp³-hybridized carbons (Fsp3) is 0.267. The summed E-state index contributed by atoms with van der Waals surface area (Å²) >= 11 is 3.31. The van der Waals surface area contributed by atoms with Gasteiger partial charge in [-0.15, -0.1) is 0 Å². The summed E-state index contributed by atoms with van der Waals surface area (Å²) in [6.07, 6.45) is 0. The quantitative estimate of drug-likeness (QED) is 0.875. The number of halogens is 1. The molecule has 0 aromatic heterocycles. The van der Waals surface area contributed by atoms with Crippen LogP contribution in [0.25, 0.3) is 0 Å². The van der Waals surface area contributed by atoms with E-state index < -0.39 is 23.8 Å². The Kier molecular flexibility index (Phi) is 4.27. The second kappa shape index (κ2) is 5.81. The van der Waals surface area contributed by atoms with E-state index in [1.807, 2.05) is 0 Å². The number of aliphatic imine (C=N–C) groups is 1. The molecule has 2 unspecified atom stereocenters. The molecular formula is C15H14BrNO4. The first-order valence-corrected chi connectivity index (χ1v) is 7.09. The molecule has 0 bridgehead atoms. The van der Waals surface area contributed by atoms with Crippen molar-refractivity contribution >= 4 is 33.6 Å². The van der Waals surface area contributed by atoms with E-state index in [1.165, 1.54) is 0 Å². The van der Waals surface area contributed by atoms with E-state index in [1.54, 1.807) is 38.1 Å². The van der Waals surface area contributed by atoms with Crippen LogP contribution in [-0.4, -0.2) is 27.9 Å². The summed E-state index contributed by atoms with van der Waals surface area (Å²) < 4.78 is 0.844. The van der Waals surface area contributed by atoms with Crippen molar-refractivity contribution in [3.8, 4) is 0 Å². The van der Waals surface area contributed by atoms with Gasteiger partial charge in [-0.25, -0.2) is 4.79 Å². The van der Waals surface area contributed by atoms with Gasteiger partial charge in [0.15, 0.2) is 0 Å². The Morgan fingerprint density at radius 2 is 1.71 bits per heavy atom. The zero-order chi connectivity index (χ0) is 15.7. The van der Waals surface area contributed by atoms with Crippen LogP contribution >= 0.6 is 15.9 Å². The van der Waals surface area contributed by atoms with E-state index in [-0.39, 0.29) is 5.57 Å². The molecule has 6 heteroatoms. The lowest BCUT2D eigenvalue weighted by Crippen LogP contribution is -2.34. The molecule has 1 aliphatic rings. The molecule has 0 saturated carbocycles. The number of allylic oxidation sites excluding steroid dienone is 1. The molecule has 0 fully saturated rings. The van der Waals surface area contributed by atoms with Crippen LogP contribution in [0.5, 0.6) is 0 Å². The van der Waals surface area contributed by atoms with E-state index in [2.05, 4.69) is 20.9 Å². The fourth-order valence-corrected chi connectivity index (χ4v) is 2.93. The van der Waals surface area contributed by atoms with Gasteiger partial charge in [-0.05, 0) is 31.5 Å². The molecule has 0 saturated heterocycles. The summed E-state index contributed by atoms with van der Waals surface area (Å²) in [7, 11) is 0. The lowest BCUT2D eigenvalue weighted by molar-refractivity contribution is -0.140. The molecule has 2 rings (SSSR count). The highest BCUT2D eigenvalue weighted by Gasteiger charge is 2.40. The lowest BCUT2D eigenvalue weighted by Gasteiger charge is -2.29. The highest BCUT2D eigenvalue weighted by molar-refractivity contribution is 9.10. The van der Waals surface area contributed by atoms with E-state index in [9.17, 15) is 19.8 Å². The summed E-state index contributed by atoms with van der Waals surface area (Å²) in [5, 5.41) is 18.9. The minimum atomic E-state index is -1.14. The Hall–Kier alpha value is -1.95. The Balaban J connectivity index is 2.65. The molecule has 2 N–H and O–H groups in total. The molecule has 21 heavy (non-hydrogen) atoms. The van der Waals surface area contributed by atoms with Gasteiger partial charge in [0, 0.05) is 21.8 Å². The van der Waals surface area contributed by atoms with Gasteiger partial charge in [0.05, 0.1) is 5.57 Å². The molecule has 0 spiro atoms. The average Bonchev–Trinajstić information content (AvgIpc) is 2.37. The molecule has 1 aromatic carbocycles. The summed E-state index contributed by atoms with van der Waals surface area (Å²) in [6.45, 7) is 3.21. The minimum Gasteiger partial charge on any atom is -0.481 e. The highest BCUT2D eigenvalue weighted by atomic mass is 79.9. The van der Waals surface area contributed by atoms with Crippen LogP contribution in [0, 0.1) is 5.92 Å². The zero-order valence-corrected chi connectivity index (χ0v) is 13.1. The zero-order valence-electron chi connectivity index (χ0n) is 11.5. The first kappa shape index (κ1) is 15.4. The number of aliphatic carboxylic acids is 2. The highest BCUT2D eigenvalue weighted by Crippen LogP contribution is 2.39. The number of carboxylic acids is 2. The van der Waals surface area contributed by atoms with E-state index in [0.717, 1.165) is 4.47 Å². The fourth-order valence-electron chi connectivity index (χ4n) is 2.67. The van der Waals surface area contributed by atoms with Crippen LogP contribution in [0.4, 0.5) is 0 Å². The number of rotatable bonds is 3. The lowest BCUT2D eigenvalue weighted by atomic mass is 9.76. The third kappa shape index (κ3) is 2.90. The van der Waals surface area contributed by atoms with Crippen molar-refractivity contribution in [1.82, 2.24) is 0 Å². The number of hydrogen-bond donors (Lipinski definition) is 2. The molecule has 1 aromatic rings. The van der Waals surface area contributed by atoms with Gasteiger partial charge in [0.25, 0.3) is 0 Å². The molecule has 1 heterocycles. The van der Waals surface area contributed by atoms with E-state index in [4.69, 9.17) is 0 Å². The Morgan fingerprint density at radius 3 is 2.19 bits per heavy atom. The van der Waals surface area contributed by atoms with Crippen LogP contribution < -0.4 is 0 Å². The summed E-state index contributed by atoms with van der Waals surface area (Å²) in [4.78, 5) is 27.3. The maximum atomic E-state index is 11.6. The van der Waals surface area contributed by atoms with Gasteiger partial charge >= 0.3 is 11.9 Å². The molecule has 0 radical (unpaired) electrons. The largest absolute Gasteiger partial charge is 0.481 e. The van der Waals surface area contributed by atoms with Crippen molar-refractivity contribution in [2.75, 3.05) is 0 Å². The minimum absolute atomic E-state index is 0.0373. The SMILES string of the molecule is CC1=NC(C)=C(C(=O)O)C(c2ccc(Br)cc2)C1C(=O)O. The summed E-state index contributed by atoms with van der Waals surface area (Å²) in [5.74, 6) is -3.93. The summed E-state index contributed by atoms with van der Waals surface area (Å²) in [6, 6.07) is 7.01. The number of hydrogen-bond acceptors (Lipinski definition) is 3. The standard InChI is InChI=1S/C15H14BrNO4/c1-7-11(14(18)19)13(9-3-5-10(16)6-4-9)12(15(20)21)8(2)17-7/h3-6,11,13H,1-2H3,(H,18,19)(H,20,21). The van der Waals surface area contributed by atoms with Gasteiger partial charge in [0.1, 0.15) is 5.92 Å². The molecule has 2 atom stereocenters. The van der Waals surface area contributed by atoms with Crippen molar-refractivity contribution in [2.45, 2.75) is 19.8 Å². The van der Waals surface area contributed by atoms with Crippen molar-refractivity contribution in [3.05, 3.63) is 45.6 Å². The smallest absolute Gasteiger partial charge is 0.334 e. The second-order valence-corrected chi connectivity index (χ2v) is 5.82. The number of nitrogens with zero attached hydrogens (tertiary/aromatic N) is 1. The Bertz CT molecular complexity index is 661. The average molecular weight is 352 g/mol. The van der Waals surface area contributed by atoms with Gasteiger partial charge in [-0.2, -0.15) is 0 Å². The topological polar surface area (TPSA) is 87.0 Å². The van der Waals surface area contributed by atoms with Crippen LogP contribution in [0.15, 0.2) is 45.0 Å². The van der Waals surface area contributed by atoms with Crippen molar-refractivity contribution in [1.29, 1.82) is 0 Å². The Morgan fingerprint density at radius 1 is 1.14 bits per heavy atom. The first-order chi connectivity index (χ1) is 9.82. The molecule has 0 aliphatic carbocycles. The summed E-state index contributed by atoms with van der Waals surface area (Å²) in [5.41, 5.74) is 1.45. The maximum Gasteiger partial charge on any atom is 0.334 e. The predicted octanol–water partition coefficient (Wildman–Crippen LogP) is 3.07. The Labute approximate surface area is 130 Å². The van der Waals surface area contributed by atoms with Gasteiger partial charge < -0.3 is 10.2 Å².